The maximum atomic E-state index is 12.3. The van der Waals surface area contributed by atoms with Crippen molar-refractivity contribution in [3.8, 4) is 11.4 Å². The molecule has 1 aromatic heterocycles. The summed E-state index contributed by atoms with van der Waals surface area (Å²) in [6, 6.07) is 16.5. The number of benzene rings is 2. The predicted octanol–water partition coefficient (Wildman–Crippen LogP) is 3.41. The monoisotopic (exact) mass is 352 g/mol. The number of aromatic nitrogens is 3. The Balaban J connectivity index is 1.59. The molecule has 126 valence electrons. The van der Waals surface area contributed by atoms with Crippen LogP contribution < -0.4 is 5.32 Å². The molecule has 0 saturated heterocycles. The first-order chi connectivity index (χ1) is 12.1. The van der Waals surface area contributed by atoms with Gasteiger partial charge in [-0.15, -0.1) is 5.10 Å². The van der Waals surface area contributed by atoms with E-state index in [0.29, 0.717) is 22.2 Å². The van der Waals surface area contributed by atoms with Crippen molar-refractivity contribution in [3.63, 3.8) is 0 Å². The van der Waals surface area contributed by atoms with Crippen LogP contribution in [0.15, 0.2) is 59.8 Å². The molecule has 7 heteroatoms. The number of nitrogens with one attached hydrogen (secondary N) is 2. The summed E-state index contributed by atoms with van der Waals surface area (Å²) in [5.74, 6) is 0.750. The topological polar surface area (TPSA) is 87.7 Å². The molecular weight excluding hydrogens is 336 g/mol. The smallest absolute Gasteiger partial charge is 0.221 e. The lowest BCUT2D eigenvalue weighted by Crippen LogP contribution is -2.07. The van der Waals surface area contributed by atoms with Gasteiger partial charge in [0.25, 0.3) is 0 Å². The summed E-state index contributed by atoms with van der Waals surface area (Å²) in [5.41, 5.74) is 2.19. The van der Waals surface area contributed by atoms with Crippen LogP contribution in [0.5, 0.6) is 0 Å². The van der Waals surface area contributed by atoms with Crippen LogP contribution in [0, 0.1) is 0 Å². The highest BCUT2D eigenvalue weighted by molar-refractivity contribution is 7.99. The third-order valence-corrected chi connectivity index (χ3v) is 4.22. The largest absolute Gasteiger partial charge is 0.326 e. The fourth-order valence-corrected chi connectivity index (χ4v) is 2.89. The Morgan fingerprint density at radius 2 is 1.80 bits per heavy atom. The lowest BCUT2D eigenvalue weighted by molar-refractivity contribution is -0.114. The van der Waals surface area contributed by atoms with Gasteiger partial charge in [0.15, 0.2) is 11.6 Å². The molecule has 0 radical (unpaired) electrons. The highest BCUT2D eigenvalue weighted by Gasteiger charge is 2.11. The molecule has 6 nitrogen and oxygen atoms in total. The molecule has 3 aromatic rings. The second-order valence-corrected chi connectivity index (χ2v) is 6.25. The number of aromatic amines is 1. The van der Waals surface area contributed by atoms with E-state index in [4.69, 9.17) is 0 Å². The number of thioether (sulfide) groups is 1. The summed E-state index contributed by atoms with van der Waals surface area (Å²) < 4.78 is 0. The molecule has 3 rings (SSSR count). The van der Waals surface area contributed by atoms with Crippen molar-refractivity contribution in [2.45, 2.75) is 12.1 Å². The summed E-state index contributed by atoms with van der Waals surface area (Å²) in [4.78, 5) is 27.6. The number of rotatable bonds is 6. The predicted molar refractivity (Wildman–Crippen MR) is 97.6 cm³/mol. The molecule has 1 amide bonds. The van der Waals surface area contributed by atoms with Gasteiger partial charge in [0.1, 0.15) is 0 Å². The molecule has 2 aromatic carbocycles. The van der Waals surface area contributed by atoms with Gasteiger partial charge in [0, 0.05) is 23.7 Å². The van der Waals surface area contributed by atoms with Crippen LogP contribution in [-0.2, 0) is 4.79 Å². The molecule has 0 atom stereocenters. The van der Waals surface area contributed by atoms with E-state index in [9.17, 15) is 9.59 Å². The number of carbonyl (C=O) groups excluding carboxylic acids is 2. The van der Waals surface area contributed by atoms with Gasteiger partial charge >= 0.3 is 0 Å². The number of ketones is 1. The quantitative estimate of drug-likeness (QED) is 0.524. The molecule has 0 bridgehead atoms. The van der Waals surface area contributed by atoms with Crippen molar-refractivity contribution in [2.24, 2.45) is 0 Å². The molecule has 0 aliphatic carbocycles. The normalized spacial score (nSPS) is 10.4. The Kier molecular flexibility index (Phi) is 5.25. The van der Waals surface area contributed by atoms with Crippen LogP contribution in [0.25, 0.3) is 11.4 Å². The number of nitrogens with zero attached hydrogens (tertiary/aromatic N) is 2. The first-order valence-electron chi connectivity index (χ1n) is 7.63. The molecule has 25 heavy (non-hydrogen) atoms. The van der Waals surface area contributed by atoms with Gasteiger partial charge in [-0.3, -0.25) is 14.7 Å². The lowest BCUT2D eigenvalue weighted by Gasteiger charge is -2.03. The Hall–Kier alpha value is -2.93. The fourth-order valence-electron chi connectivity index (χ4n) is 2.19. The van der Waals surface area contributed by atoms with Crippen molar-refractivity contribution < 1.29 is 9.59 Å². The van der Waals surface area contributed by atoms with Crippen LogP contribution >= 0.6 is 11.8 Å². The minimum Gasteiger partial charge on any atom is -0.326 e. The van der Waals surface area contributed by atoms with E-state index in [1.165, 1.54) is 18.7 Å². The maximum Gasteiger partial charge on any atom is 0.221 e. The van der Waals surface area contributed by atoms with Gasteiger partial charge in [-0.1, -0.05) is 42.1 Å². The number of carbonyl (C=O) groups is 2. The molecule has 0 unspecified atom stereocenters. The van der Waals surface area contributed by atoms with E-state index in [2.05, 4.69) is 20.5 Å². The molecular formula is C18H16N4O2S. The van der Waals surface area contributed by atoms with Crippen molar-refractivity contribution in [1.29, 1.82) is 0 Å². The standard InChI is InChI=1S/C18H16N4O2S/c1-12(23)19-15-9-7-13(8-10-15)16(24)11-25-18-20-17(21-22-18)14-5-3-2-4-6-14/h2-10H,11H2,1H3,(H,19,23)(H,20,21,22). The zero-order chi connectivity index (χ0) is 17.6. The SMILES string of the molecule is CC(=O)Nc1ccc(C(=O)CSc2n[nH]c(-c3ccccc3)n2)cc1. The van der Waals surface area contributed by atoms with E-state index >= 15 is 0 Å². The average molecular weight is 352 g/mol. The van der Waals surface area contributed by atoms with Gasteiger partial charge < -0.3 is 5.32 Å². The summed E-state index contributed by atoms with van der Waals surface area (Å²) >= 11 is 1.28. The van der Waals surface area contributed by atoms with Gasteiger partial charge in [-0.25, -0.2) is 4.98 Å². The first kappa shape index (κ1) is 16.9. The Morgan fingerprint density at radius 3 is 2.48 bits per heavy atom. The lowest BCUT2D eigenvalue weighted by atomic mass is 10.1. The molecule has 0 saturated carbocycles. The number of H-pyrrole nitrogens is 1. The molecule has 0 spiro atoms. The highest BCUT2D eigenvalue weighted by atomic mass is 32.2. The van der Waals surface area contributed by atoms with Crippen molar-refractivity contribution in [1.82, 2.24) is 15.2 Å². The number of anilines is 1. The van der Waals surface area contributed by atoms with E-state index in [0.717, 1.165) is 5.56 Å². The summed E-state index contributed by atoms with van der Waals surface area (Å²) in [5, 5.41) is 10.2. The van der Waals surface area contributed by atoms with Gasteiger partial charge in [-0.05, 0) is 24.3 Å². The Morgan fingerprint density at radius 1 is 1.08 bits per heavy atom. The van der Waals surface area contributed by atoms with Gasteiger partial charge in [-0.2, -0.15) is 0 Å². The van der Waals surface area contributed by atoms with Crippen molar-refractivity contribution in [2.75, 3.05) is 11.1 Å². The minimum atomic E-state index is -0.145. The Bertz CT molecular complexity index is 876. The van der Waals surface area contributed by atoms with E-state index < -0.39 is 0 Å². The van der Waals surface area contributed by atoms with Crippen LogP contribution in [-0.4, -0.2) is 32.6 Å². The highest BCUT2D eigenvalue weighted by Crippen LogP contribution is 2.20. The number of hydrogen-bond acceptors (Lipinski definition) is 5. The van der Waals surface area contributed by atoms with Crippen molar-refractivity contribution >= 4 is 29.1 Å². The van der Waals surface area contributed by atoms with Gasteiger partial charge in [0.05, 0.1) is 5.75 Å². The van der Waals surface area contributed by atoms with Crippen LogP contribution in [0.4, 0.5) is 5.69 Å². The number of amides is 1. The zero-order valence-corrected chi connectivity index (χ0v) is 14.3. The summed E-state index contributed by atoms with van der Waals surface area (Å²) in [7, 11) is 0. The third kappa shape index (κ3) is 4.54. The molecule has 0 fully saturated rings. The minimum absolute atomic E-state index is 0.0227. The van der Waals surface area contributed by atoms with Crippen molar-refractivity contribution in [3.05, 3.63) is 60.2 Å². The van der Waals surface area contributed by atoms with E-state index in [-0.39, 0.29) is 17.4 Å². The summed E-state index contributed by atoms with van der Waals surface area (Å²) in [6.07, 6.45) is 0. The maximum absolute atomic E-state index is 12.3. The average Bonchev–Trinajstić information content (AvgIpc) is 3.10. The van der Waals surface area contributed by atoms with Gasteiger partial charge in [0.2, 0.25) is 11.1 Å². The fraction of sp³-hybridized carbons (Fsp3) is 0.111. The third-order valence-electron chi connectivity index (χ3n) is 3.37. The molecule has 2 N–H and O–H groups in total. The molecule has 0 aliphatic heterocycles. The zero-order valence-electron chi connectivity index (χ0n) is 13.5. The van der Waals surface area contributed by atoms with Crippen LogP contribution in [0.2, 0.25) is 0 Å². The number of hydrogen-bond donors (Lipinski definition) is 2. The second kappa shape index (κ2) is 7.76. The second-order valence-electron chi connectivity index (χ2n) is 5.30. The summed E-state index contributed by atoms with van der Waals surface area (Å²) in [6.45, 7) is 1.44. The van der Waals surface area contributed by atoms with E-state index in [1.54, 1.807) is 24.3 Å². The van der Waals surface area contributed by atoms with E-state index in [1.807, 2.05) is 30.3 Å². The van der Waals surface area contributed by atoms with Crippen LogP contribution in [0.3, 0.4) is 0 Å². The van der Waals surface area contributed by atoms with Crippen LogP contribution in [0.1, 0.15) is 17.3 Å². The molecule has 1 heterocycles. The molecule has 0 aliphatic rings. The first-order valence-corrected chi connectivity index (χ1v) is 8.62. The number of Topliss-reactive ketones (excluding diaryl/α,β-unsaturated/α-hetero) is 1. The Labute approximate surface area is 149 Å².